The Balaban J connectivity index is 2.62. The SMILES string of the molecule is CONc1cnc(C)n1CCOC=O. The maximum absolute atomic E-state index is 9.94. The van der Waals surface area contributed by atoms with Crippen LogP contribution in [0.3, 0.4) is 0 Å². The highest BCUT2D eigenvalue weighted by molar-refractivity contribution is 5.37. The minimum absolute atomic E-state index is 0.319. The molecule has 1 rings (SSSR count). The van der Waals surface area contributed by atoms with E-state index in [0.717, 1.165) is 11.6 Å². The van der Waals surface area contributed by atoms with Gasteiger partial charge in [-0.05, 0) is 6.92 Å². The summed E-state index contributed by atoms with van der Waals surface area (Å²) in [7, 11) is 1.52. The Morgan fingerprint density at radius 3 is 3.14 bits per heavy atom. The van der Waals surface area contributed by atoms with Crippen molar-refractivity contribution in [3.05, 3.63) is 12.0 Å². The van der Waals surface area contributed by atoms with Gasteiger partial charge in [-0.3, -0.25) is 9.63 Å². The first-order chi connectivity index (χ1) is 6.79. The number of aryl methyl sites for hydroxylation is 1. The summed E-state index contributed by atoms with van der Waals surface area (Å²) >= 11 is 0. The fourth-order valence-electron chi connectivity index (χ4n) is 1.13. The van der Waals surface area contributed by atoms with Crippen molar-refractivity contribution >= 4 is 12.3 Å². The molecule has 0 aromatic carbocycles. The lowest BCUT2D eigenvalue weighted by Gasteiger charge is -2.09. The summed E-state index contributed by atoms with van der Waals surface area (Å²) in [5.74, 6) is 1.57. The molecule has 1 heterocycles. The Morgan fingerprint density at radius 1 is 1.71 bits per heavy atom. The number of anilines is 1. The third kappa shape index (κ3) is 2.46. The molecule has 0 saturated carbocycles. The van der Waals surface area contributed by atoms with Crippen molar-refractivity contribution < 1.29 is 14.4 Å². The summed E-state index contributed by atoms with van der Waals surface area (Å²) < 4.78 is 6.45. The van der Waals surface area contributed by atoms with Crippen LogP contribution >= 0.6 is 0 Å². The van der Waals surface area contributed by atoms with Crippen LogP contribution < -0.4 is 5.48 Å². The van der Waals surface area contributed by atoms with E-state index < -0.39 is 0 Å². The molecule has 0 aliphatic heterocycles. The highest BCUT2D eigenvalue weighted by atomic mass is 16.6. The first kappa shape index (κ1) is 10.5. The molecule has 0 radical (unpaired) electrons. The van der Waals surface area contributed by atoms with E-state index in [1.54, 1.807) is 6.20 Å². The van der Waals surface area contributed by atoms with Gasteiger partial charge < -0.3 is 9.30 Å². The molecule has 1 aromatic rings. The Morgan fingerprint density at radius 2 is 2.50 bits per heavy atom. The van der Waals surface area contributed by atoms with Crippen molar-refractivity contribution in [2.75, 3.05) is 19.2 Å². The van der Waals surface area contributed by atoms with Gasteiger partial charge in [0.05, 0.1) is 19.9 Å². The van der Waals surface area contributed by atoms with E-state index in [1.165, 1.54) is 7.11 Å². The van der Waals surface area contributed by atoms with Gasteiger partial charge in [0.15, 0.2) is 0 Å². The summed E-state index contributed by atoms with van der Waals surface area (Å²) in [6.45, 7) is 3.16. The molecule has 0 spiro atoms. The zero-order valence-corrected chi connectivity index (χ0v) is 8.19. The number of nitrogens with one attached hydrogen (secondary N) is 1. The monoisotopic (exact) mass is 199 g/mol. The maximum Gasteiger partial charge on any atom is 0.293 e. The number of carbonyl (C=O) groups excluding carboxylic acids is 1. The third-order valence-corrected chi connectivity index (χ3v) is 1.76. The van der Waals surface area contributed by atoms with Gasteiger partial charge in [0, 0.05) is 0 Å². The minimum Gasteiger partial charge on any atom is -0.466 e. The van der Waals surface area contributed by atoms with Crippen molar-refractivity contribution in [2.45, 2.75) is 13.5 Å². The molecule has 1 N–H and O–H groups in total. The predicted octanol–water partition coefficient (Wildman–Crippen LogP) is 0.338. The number of hydrogen-bond acceptors (Lipinski definition) is 5. The maximum atomic E-state index is 9.94. The molecular formula is C8H13N3O3. The second-order valence-electron chi connectivity index (χ2n) is 2.62. The van der Waals surface area contributed by atoms with Gasteiger partial charge in [0.2, 0.25) is 0 Å². The van der Waals surface area contributed by atoms with Gasteiger partial charge in [-0.15, -0.1) is 0 Å². The van der Waals surface area contributed by atoms with E-state index >= 15 is 0 Å². The van der Waals surface area contributed by atoms with Crippen LogP contribution in [0.1, 0.15) is 5.82 Å². The van der Waals surface area contributed by atoms with Crippen LogP contribution in [-0.2, 0) is 20.9 Å². The predicted molar refractivity (Wildman–Crippen MR) is 49.6 cm³/mol. The van der Waals surface area contributed by atoms with Gasteiger partial charge in [-0.2, -0.15) is 0 Å². The fraction of sp³-hybridized carbons (Fsp3) is 0.500. The quantitative estimate of drug-likeness (QED) is 0.406. The third-order valence-electron chi connectivity index (χ3n) is 1.76. The van der Waals surface area contributed by atoms with Crippen molar-refractivity contribution in [1.29, 1.82) is 0 Å². The molecule has 6 nitrogen and oxygen atoms in total. The normalized spacial score (nSPS) is 9.86. The van der Waals surface area contributed by atoms with Gasteiger partial charge in [-0.1, -0.05) is 0 Å². The first-order valence-corrected chi connectivity index (χ1v) is 4.16. The first-order valence-electron chi connectivity index (χ1n) is 4.16. The molecule has 0 bridgehead atoms. The summed E-state index contributed by atoms with van der Waals surface area (Å²) in [4.78, 5) is 18.8. The fourth-order valence-corrected chi connectivity index (χ4v) is 1.13. The Hall–Kier alpha value is -1.56. The van der Waals surface area contributed by atoms with Crippen LogP contribution in [0.5, 0.6) is 0 Å². The summed E-state index contributed by atoms with van der Waals surface area (Å²) in [6, 6.07) is 0. The highest BCUT2D eigenvalue weighted by Crippen LogP contribution is 2.09. The smallest absolute Gasteiger partial charge is 0.293 e. The van der Waals surface area contributed by atoms with E-state index in [-0.39, 0.29) is 0 Å². The second-order valence-corrected chi connectivity index (χ2v) is 2.62. The van der Waals surface area contributed by atoms with Gasteiger partial charge in [0.1, 0.15) is 18.2 Å². The molecule has 6 heteroatoms. The number of ether oxygens (including phenoxy) is 1. The summed E-state index contributed by atoms with van der Waals surface area (Å²) in [5.41, 5.74) is 2.68. The van der Waals surface area contributed by atoms with Gasteiger partial charge in [-0.25, -0.2) is 10.5 Å². The van der Waals surface area contributed by atoms with Gasteiger partial charge in [0.25, 0.3) is 6.47 Å². The molecular weight excluding hydrogens is 186 g/mol. The lowest BCUT2D eigenvalue weighted by molar-refractivity contribution is -0.128. The second kappa shape index (κ2) is 5.23. The molecule has 14 heavy (non-hydrogen) atoms. The molecule has 0 aliphatic carbocycles. The number of aromatic nitrogens is 2. The summed E-state index contributed by atoms with van der Waals surface area (Å²) in [6.07, 6.45) is 1.65. The number of hydrogen-bond donors (Lipinski definition) is 1. The molecule has 0 atom stereocenters. The van der Waals surface area contributed by atoms with E-state index in [4.69, 9.17) is 4.84 Å². The molecule has 0 amide bonds. The molecule has 0 aliphatic rings. The zero-order valence-electron chi connectivity index (χ0n) is 8.19. The van der Waals surface area contributed by atoms with Crippen LogP contribution in [0.25, 0.3) is 0 Å². The number of imidazole rings is 1. The Kier molecular flexibility index (Phi) is 3.93. The molecule has 0 unspecified atom stereocenters. The lowest BCUT2D eigenvalue weighted by Crippen LogP contribution is -2.11. The van der Waals surface area contributed by atoms with Crippen LogP contribution in [-0.4, -0.2) is 29.7 Å². The van der Waals surface area contributed by atoms with Gasteiger partial charge >= 0.3 is 0 Å². The van der Waals surface area contributed by atoms with Crippen LogP contribution in [0.15, 0.2) is 6.20 Å². The highest BCUT2D eigenvalue weighted by Gasteiger charge is 2.05. The van der Waals surface area contributed by atoms with E-state index in [0.29, 0.717) is 19.6 Å². The van der Waals surface area contributed by atoms with Crippen molar-refractivity contribution in [1.82, 2.24) is 9.55 Å². The molecule has 1 aromatic heterocycles. The minimum atomic E-state index is 0.319. The number of nitrogens with zero attached hydrogens (tertiary/aromatic N) is 2. The molecule has 0 fully saturated rings. The van der Waals surface area contributed by atoms with Crippen LogP contribution in [0.2, 0.25) is 0 Å². The topological polar surface area (TPSA) is 65.4 Å². The number of carbonyl (C=O) groups is 1. The Bertz CT molecular complexity index is 298. The van der Waals surface area contributed by atoms with Crippen LogP contribution in [0, 0.1) is 6.92 Å². The summed E-state index contributed by atoms with van der Waals surface area (Å²) in [5, 5.41) is 0. The number of rotatable bonds is 6. The standard InChI is InChI=1S/C8H13N3O3/c1-7-9-5-8(10-13-2)11(7)3-4-14-6-12/h5-6,10H,3-4H2,1-2H3. The molecule has 78 valence electrons. The lowest BCUT2D eigenvalue weighted by atomic mass is 10.6. The van der Waals surface area contributed by atoms with Crippen molar-refractivity contribution in [2.24, 2.45) is 0 Å². The average molecular weight is 199 g/mol. The van der Waals surface area contributed by atoms with Crippen molar-refractivity contribution in [3.63, 3.8) is 0 Å². The van der Waals surface area contributed by atoms with Crippen LogP contribution in [0.4, 0.5) is 5.82 Å². The largest absolute Gasteiger partial charge is 0.466 e. The molecule has 0 saturated heterocycles. The van der Waals surface area contributed by atoms with E-state index in [2.05, 4.69) is 15.2 Å². The average Bonchev–Trinajstić information content (AvgIpc) is 2.50. The van der Waals surface area contributed by atoms with Crippen molar-refractivity contribution in [3.8, 4) is 0 Å². The van der Waals surface area contributed by atoms with E-state index in [1.807, 2.05) is 11.5 Å². The Labute approximate surface area is 81.8 Å². The zero-order chi connectivity index (χ0) is 10.4. The van der Waals surface area contributed by atoms with E-state index in [9.17, 15) is 4.79 Å².